The van der Waals surface area contributed by atoms with Crippen molar-refractivity contribution in [3.05, 3.63) is 99.2 Å². The molecule has 0 aliphatic rings. The van der Waals surface area contributed by atoms with Crippen molar-refractivity contribution in [3.8, 4) is 11.5 Å². The highest BCUT2D eigenvalue weighted by molar-refractivity contribution is 6.32. The van der Waals surface area contributed by atoms with Crippen molar-refractivity contribution in [2.75, 3.05) is 6.61 Å². The van der Waals surface area contributed by atoms with Gasteiger partial charge >= 0.3 is 0 Å². The molecule has 3 aromatic carbocycles. The average molecular weight is 479 g/mol. The van der Waals surface area contributed by atoms with E-state index in [1.54, 1.807) is 36.4 Å². The number of benzene rings is 3. The first-order valence-electron chi connectivity index (χ1n) is 10.6. The van der Waals surface area contributed by atoms with Gasteiger partial charge in [0, 0.05) is 5.02 Å². The van der Waals surface area contributed by atoms with E-state index in [0.29, 0.717) is 28.7 Å². The van der Waals surface area contributed by atoms with Crippen LogP contribution in [0, 0.1) is 20.8 Å². The molecule has 3 rings (SSSR count). The van der Waals surface area contributed by atoms with E-state index in [0.717, 1.165) is 16.7 Å². The molecule has 0 aliphatic heterocycles. The van der Waals surface area contributed by atoms with Gasteiger partial charge in [-0.15, -0.1) is 0 Å². The number of rotatable bonds is 9. The number of carboxylic acids is 1. The molecule has 1 N–H and O–H groups in total. The molecular formula is C27H25ClNO5-. The van der Waals surface area contributed by atoms with Crippen LogP contribution in [-0.2, 0) is 16.2 Å². The van der Waals surface area contributed by atoms with Crippen molar-refractivity contribution in [2.45, 2.75) is 27.4 Å². The minimum absolute atomic E-state index is 0.364. The van der Waals surface area contributed by atoms with Crippen LogP contribution in [0.1, 0.15) is 27.8 Å². The summed E-state index contributed by atoms with van der Waals surface area (Å²) in [6, 6.07) is 18.3. The van der Waals surface area contributed by atoms with Gasteiger partial charge in [0.1, 0.15) is 18.1 Å². The lowest BCUT2D eigenvalue weighted by molar-refractivity contribution is -0.299. The lowest BCUT2D eigenvalue weighted by Crippen LogP contribution is -2.37. The summed E-state index contributed by atoms with van der Waals surface area (Å²) in [5.41, 5.74) is 4.05. The van der Waals surface area contributed by atoms with Gasteiger partial charge in [-0.25, -0.2) is 0 Å². The minimum Gasteiger partial charge on any atom is -0.543 e. The third kappa shape index (κ3) is 7.12. The fourth-order valence-corrected chi connectivity index (χ4v) is 3.26. The highest BCUT2D eigenvalue weighted by Gasteiger charge is 2.09. The maximum atomic E-state index is 12.2. The third-order valence-corrected chi connectivity index (χ3v) is 5.59. The Balaban J connectivity index is 1.58. The van der Waals surface area contributed by atoms with E-state index >= 15 is 0 Å². The van der Waals surface area contributed by atoms with Crippen LogP contribution in [0.25, 0.3) is 6.08 Å². The van der Waals surface area contributed by atoms with Crippen LogP contribution in [0.15, 0.2) is 66.4 Å². The topological polar surface area (TPSA) is 87.7 Å². The van der Waals surface area contributed by atoms with Crippen LogP contribution >= 0.6 is 11.6 Å². The first-order chi connectivity index (χ1) is 16.2. The molecule has 176 valence electrons. The van der Waals surface area contributed by atoms with Gasteiger partial charge in [0.15, 0.2) is 6.61 Å². The normalized spacial score (nSPS) is 11.1. The van der Waals surface area contributed by atoms with Crippen LogP contribution < -0.4 is 19.9 Å². The number of halogens is 1. The summed E-state index contributed by atoms with van der Waals surface area (Å²) in [4.78, 5) is 23.8. The molecule has 0 spiro atoms. The predicted molar refractivity (Wildman–Crippen MR) is 130 cm³/mol. The van der Waals surface area contributed by atoms with Gasteiger partial charge in [-0.3, -0.25) is 4.79 Å². The first kappa shape index (κ1) is 24.9. The smallest absolute Gasteiger partial charge is 0.262 e. The molecule has 7 heteroatoms. The number of hydrogen-bond donors (Lipinski definition) is 1. The summed E-state index contributed by atoms with van der Waals surface area (Å²) in [6.07, 6.45) is 1.31. The van der Waals surface area contributed by atoms with Crippen molar-refractivity contribution in [2.24, 2.45) is 0 Å². The van der Waals surface area contributed by atoms with Gasteiger partial charge < -0.3 is 24.7 Å². The lowest BCUT2D eigenvalue weighted by Gasteiger charge is -2.13. The zero-order chi connectivity index (χ0) is 24.7. The van der Waals surface area contributed by atoms with E-state index in [1.165, 1.54) is 11.6 Å². The highest BCUT2D eigenvalue weighted by atomic mass is 35.5. The largest absolute Gasteiger partial charge is 0.543 e. The maximum absolute atomic E-state index is 12.2. The SMILES string of the molecule is Cc1ccc(COc2ccc(/C=C(/NC(=O)COc3cc(C)c(Cl)c(C)c3)C(=O)[O-])cc2)cc1. The van der Waals surface area contributed by atoms with E-state index in [9.17, 15) is 14.7 Å². The Morgan fingerprint density at radius 3 is 2.12 bits per heavy atom. The monoisotopic (exact) mass is 478 g/mol. The molecule has 0 atom stereocenters. The summed E-state index contributed by atoms with van der Waals surface area (Å²) in [5.74, 6) is -1.03. The van der Waals surface area contributed by atoms with Crippen molar-refractivity contribution in [3.63, 3.8) is 0 Å². The maximum Gasteiger partial charge on any atom is 0.262 e. The van der Waals surface area contributed by atoms with Crippen LogP contribution in [0.4, 0.5) is 0 Å². The molecule has 0 saturated heterocycles. The number of aryl methyl sites for hydroxylation is 3. The molecule has 3 aromatic rings. The molecule has 0 unspecified atom stereocenters. The van der Waals surface area contributed by atoms with Gasteiger partial charge in [0.05, 0.1) is 11.7 Å². The minimum atomic E-state index is -1.51. The molecule has 0 saturated carbocycles. The van der Waals surface area contributed by atoms with Crippen LogP contribution in [0.2, 0.25) is 5.02 Å². The Labute approximate surface area is 203 Å². The Bertz CT molecular complexity index is 1180. The summed E-state index contributed by atoms with van der Waals surface area (Å²) >= 11 is 6.13. The second kappa shape index (κ2) is 11.4. The van der Waals surface area contributed by atoms with Gasteiger partial charge in [0.25, 0.3) is 5.91 Å². The van der Waals surface area contributed by atoms with Gasteiger partial charge in [-0.05, 0) is 73.4 Å². The molecular weight excluding hydrogens is 454 g/mol. The van der Waals surface area contributed by atoms with E-state index in [-0.39, 0.29) is 12.3 Å². The molecule has 0 aromatic heterocycles. The second-order valence-electron chi connectivity index (χ2n) is 7.90. The zero-order valence-corrected chi connectivity index (χ0v) is 19.9. The van der Waals surface area contributed by atoms with Crippen molar-refractivity contribution in [1.29, 1.82) is 0 Å². The Morgan fingerprint density at radius 2 is 1.53 bits per heavy atom. The Hall–Kier alpha value is -3.77. The van der Waals surface area contributed by atoms with E-state index in [4.69, 9.17) is 21.1 Å². The van der Waals surface area contributed by atoms with Crippen LogP contribution in [-0.4, -0.2) is 18.5 Å². The summed E-state index contributed by atoms with van der Waals surface area (Å²) in [5, 5.41) is 14.5. The number of aliphatic carboxylic acids is 1. The zero-order valence-electron chi connectivity index (χ0n) is 19.2. The number of ether oxygens (including phenoxy) is 2. The number of carboxylic acid groups (broad SMARTS) is 1. The third-order valence-electron chi connectivity index (χ3n) is 4.99. The first-order valence-corrected chi connectivity index (χ1v) is 11.0. The summed E-state index contributed by atoms with van der Waals surface area (Å²) in [6.45, 7) is 5.74. The lowest BCUT2D eigenvalue weighted by atomic mass is 10.1. The quantitative estimate of drug-likeness (QED) is 0.467. The Kier molecular flexibility index (Phi) is 8.33. The molecule has 6 nitrogen and oxygen atoms in total. The van der Waals surface area contributed by atoms with Gasteiger partial charge in [-0.2, -0.15) is 0 Å². The van der Waals surface area contributed by atoms with Crippen molar-refractivity contribution >= 4 is 29.6 Å². The standard InChI is InChI=1S/C27H26ClNO5/c1-17-4-6-21(7-5-17)15-33-22-10-8-20(9-11-22)14-24(27(31)32)29-25(30)16-34-23-12-18(2)26(28)19(3)13-23/h4-14H,15-16H2,1-3H3,(H,29,30)(H,31,32)/p-1/b24-14+. The molecule has 0 fully saturated rings. The summed E-state index contributed by atoms with van der Waals surface area (Å²) in [7, 11) is 0. The number of carbonyl (C=O) groups excluding carboxylic acids is 2. The molecule has 0 aliphatic carbocycles. The number of carbonyl (C=O) groups is 2. The van der Waals surface area contributed by atoms with Crippen molar-refractivity contribution in [1.82, 2.24) is 5.32 Å². The number of nitrogens with one attached hydrogen (secondary N) is 1. The number of amides is 1. The van der Waals surface area contributed by atoms with E-state index in [2.05, 4.69) is 5.32 Å². The Morgan fingerprint density at radius 1 is 0.912 bits per heavy atom. The van der Waals surface area contributed by atoms with E-state index < -0.39 is 11.9 Å². The summed E-state index contributed by atoms with van der Waals surface area (Å²) < 4.78 is 11.2. The molecule has 34 heavy (non-hydrogen) atoms. The van der Waals surface area contributed by atoms with Gasteiger partial charge in [-0.1, -0.05) is 53.6 Å². The van der Waals surface area contributed by atoms with Gasteiger partial charge in [0.2, 0.25) is 0 Å². The molecule has 0 heterocycles. The van der Waals surface area contributed by atoms with Crippen LogP contribution in [0.3, 0.4) is 0 Å². The fraction of sp³-hybridized carbons (Fsp3) is 0.185. The predicted octanol–water partition coefficient (Wildman–Crippen LogP) is 4.13. The second-order valence-corrected chi connectivity index (χ2v) is 8.27. The average Bonchev–Trinajstić information content (AvgIpc) is 2.81. The molecule has 1 amide bonds. The highest BCUT2D eigenvalue weighted by Crippen LogP contribution is 2.25. The number of hydrogen-bond acceptors (Lipinski definition) is 5. The molecule has 0 bridgehead atoms. The van der Waals surface area contributed by atoms with Crippen molar-refractivity contribution < 1.29 is 24.2 Å². The fourth-order valence-electron chi connectivity index (χ4n) is 3.15. The molecule has 0 radical (unpaired) electrons. The van der Waals surface area contributed by atoms with Crippen LogP contribution in [0.5, 0.6) is 11.5 Å². The van der Waals surface area contributed by atoms with E-state index in [1.807, 2.05) is 45.0 Å².